The second kappa shape index (κ2) is 8.34. The summed E-state index contributed by atoms with van der Waals surface area (Å²) >= 11 is 0. The van der Waals surface area contributed by atoms with Crippen molar-refractivity contribution < 1.29 is 18.3 Å². The minimum atomic E-state index is -4.08. The van der Waals surface area contributed by atoms with Gasteiger partial charge in [0.05, 0.1) is 23.9 Å². The number of hydrogen-bond donors (Lipinski definition) is 1. The first-order chi connectivity index (χ1) is 13.9. The third-order valence-electron chi connectivity index (χ3n) is 6.41. The van der Waals surface area contributed by atoms with Crippen LogP contribution in [-0.4, -0.2) is 44.3 Å². The summed E-state index contributed by atoms with van der Waals surface area (Å²) in [6, 6.07) is 7.51. The summed E-state index contributed by atoms with van der Waals surface area (Å²) in [5.74, 6) is -0.404. The Morgan fingerprint density at radius 2 is 1.76 bits per heavy atom. The Balaban J connectivity index is 1.27. The first kappa shape index (κ1) is 20.2. The number of halogens is 3. The summed E-state index contributed by atoms with van der Waals surface area (Å²) in [4.78, 5) is 2.34. The van der Waals surface area contributed by atoms with Crippen LogP contribution in [0.3, 0.4) is 0 Å². The second-order valence-electron chi connectivity index (χ2n) is 8.38. The van der Waals surface area contributed by atoms with Crippen LogP contribution in [0.5, 0.6) is 5.75 Å². The minimum absolute atomic E-state index is 0.0198. The van der Waals surface area contributed by atoms with Crippen molar-refractivity contribution in [1.29, 1.82) is 0 Å². The van der Waals surface area contributed by atoms with Crippen LogP contribution in [0.4, 0.5) is 13.2 Å². The first-order valence-electron chi connectivity index (χ1n) is 10.4. The van der Waals surface area contributed by atoms with Gasteiger partial charge in [-0.3, -0.25) is 4.90 Å². The molecule has 2 heterocycles. The summed E-state index contributed by atoms with van der Waals surface area (Å²) in [6.45, 7) is 2.61. The van der Waals surface area contributed by atoms with Crippen LogP contribution >= 0.6 is 0 Å². The van der Waals surface area contributed by atoms with Crippen LogP contribution in [0, 0.1) is 5.92 Å². The molecule has 29 heavy (non-hydrogen) atoms. The number of rotatable bonds is 4. The van der Waals surface area contributed by atoms with E-state index in [-0.39, 0.29) is 18.9 Å². The number of piperidine rings is 1. The van der Waals surface area contributed by atoms with E-state index in [1.165, 1.54) is 5.56 Å². The van der Waals surface area contributed by atoms with Crippen LogP contribution < -0.4 is 0 Å². The largest absolute Gasteiger partial charge is 0.508 e. The molecule has 8 heteroatoms. The Hall–Kier alpha value is -2.09. The predicted molar refractivity (Wildman–Crippen MR) is 102 cm³/mol. The Morgan fingerprint density at radius 3 is 2.41 bits per heavy atom. The molecule has 0 atom stereocenters. The average molecular weight is 408 g/mol. The summed E-state index contributed by atoms with van der Waals surface area (Å²) in [5.41, 5.74) is 2.06. The van der Waals surface area contributed by atoms with Crippen molar-refractivity contribution in [2.24, 2.45) is 5.92 Å². The van der Waals surface area contributed by atoms with Crippen LogP contribution in [0.15, 0.2) is 30.5 Å². The first-order valence-corrected chi connectivity index (χ1v) is 10.4. The van der Waals surface area contributed by atoms with Crippen LogP contribution in [0.2, 0.25) is 0 Å². The van der Waals surface area contributed by atoms with Gasteiger partial charge in [0.2, 0.25) is 0 Å². The maximum absolute atomic E-state index is 12.8. The molecule has 5 nitrogen and oxygen atoms in total. The fraction of sp³-hybridized carbons (Fsp3) is 0.619. The fourth-order valence-corrected chi connectivity index (χ4v) is 4.66. The van der Waals surface area contributed by atoms with E-state index in [0.29, 0.717) is 31.1 Å². The molecule has 1 aromatic carbocycles. The Morgan fingerprint density at radius 1 is 1.03 bits per heavy atom. The lowest BCUT2D eigenvalue weighted by Crippen LogP contribution is -2.32. The van der Waals surface area contributed by atoms with Gasteiger partial charge >= 0.3 is 6.18 Å². The maximum Gasteiger partial charge on any atom is 0.391 e. The van der Waals surface area contributed by atoms with Gasteiger partial charge in [-0.15, -0.1) is 5.10 Å². The summed E-state index contributed by atoms with van der Waals surface area (Å²) in [6.07, 6.45) is 1.23. The highest BCUT2D eigenvalue weighted by Gasteiger charge is 2.41. The topological polar surface area (TPSA) is 54.2 Å². The molecule has 0 radical (unpaired) electrons. The van der Waals surface area contributed by atoms with E-state index in [1.54, 1.807) is 10.7 Å². The van der Waals surface area contributed by atoms with Crippen molar-refractivity contribution in [1.82, 2.24) is 19.9 Å². The number of phenols is 1. The quantitative estimate of drug-likeness (QED) is 0.800. The molecular formula is C21H27F3N4O. The number of alkyl halides is 3. The number of phenolic OH excluding ortho intramolecular Hbond substituents is 1. The highest BCUT2D eigenvalue weighted by molar-refractivity contribution is 5.30. The highest BCUT2D eigenvalue weighted by Crippen LogP contribution is 2.40. The molecule has 4 rings (SSSR count). The smallest absolute Gasteiger partial charge is 0.391 e. The molecule has 0 bridgehead atoms. The molecule has 1 saturated carbocycles. The van der Waals surface area contributed by atoms with Gasteiger partial charge in [-0.05, 0) is 75.2 Å². The second-order valence-corrected chi connectivity index (χ2v) is 8.38. The Labute approximate surface area is 168 Å². The van der Waals surface area contributed by atoms with E-state index >= 15 is 0 Å². The molecule has 1 aliphatic carbocycles. The molecule has 0 unspecified atom stereocenters. The zero-order valence-electron chi connectivity index (χ0n) is 16.4. The van der Waals surface area contributed by atoms with Crippen molar-refractivity contribution in [2.45, 2.75) is 63.2 Å². The Kier molecular flexibility index (Phi) is 5.81. The molecule has 1 saturated heterocycles. The number of aromatic nitrogens is 3. The molecule has 2 aliphatic rings. The minimum Gasteiger partial charge on any atom is -0.508 e. The van der Waals surface area contributed by atoms with Gasteiger partial charge in [-0.25, -0.2) is 4.68 Å². The number of hydrogen-bond acceptors (Lipinski definition) is 4. The summed E-state index contributed by atoms with van der Waals surface area (Å²) in [5, 5.41) is 18.1. The molecule has 2 aromatic rings. The van der Waals surface area contributed by atoms with Gasteiger partial charge in [0.1, 0.15) is 5.75 Å². The van der Waals surface area contributed by atoms with Gasteiger partial charge in [0, 0.05) is 6.54 Å². The lowest BCUT2D eigenvalue weighted by Gasteiger charge is -2.31. The molecule has 1 aliphatic heterocycles. The zero-order chi connectivity index (χ0) is 20.4. The lowest BCUT2D eigenvalue weighted by atomic mass is 9.86. The van der Waals surface area contributed by atoms with Gasteiger partial charge in [0.15, 0.2) is 0 Å². The maximum atomic E-state index is 12.8. The van der Waals surface area contributed by atoms with Crippen molar-refractivity contribution in [3.63, 3.8) is 0 Å². The molecule has 1 N–H and O–H groups in total. The van der Waals surface area contributed by atoms with Crippen LogP contribution in [0.25, 0.3) is 0 Å². The number of benzene rings is 1. The SMILES string of the molecule is Oc1cccc(C2CCN(Cc3cn(C4CCC(C(F)(F)F)CC4)nn3)CC2)c1. The van der Waals surface area contributed by atoms with E-state index in [0.717, 1.165) is 31.6 Å². The summed E-state index contributed by atoms with van der Waals surface area (Å²) in [7, 11) is 0. The fourth-order valence-electron chi connectivity index (χ4n) is 4.66. The molecular weight excluding hydrogens is 381 g/mol. The lowest BCUT2D eigenvalue weighted by molar-refractivity contribution is -0.183. The molecule has 1 aromatic heterocycles. The van der Waals surface area contributed by atoms with Crippen molar-refractivity contribution >= 4 is 0 Å². The molecule has 0 amide bonds. The van der Waals surface area contributed by atoms with E-state index < -0.39 is 12.1 Å². The normalized spacial score (nSPS) is 24.7. The monoisotopic (exact) mass is 408 g/mol. The van der Waals surface area contributed by atoms with Gasteiger partial charge < -0.3 is 5.11 Å². The standard InChI is InChI=1S/C21H27F3N4O/c22-21(23,24)17-4-6-19(7-5-17)28-14-18(25-26-28)13-27-10-8-15(9-11-27)16-2-1-3-20(29)12-16/h1-3,12,14-15,17,19,29H,4-11,13H2. The van der Waals surface area contributed by atoms with E-state index in [2.05, 4.69) is 21.3 Å². The summed E-state index contributed by atoms with van der Waals surface area (Å²) < 4.78 is 40.3. The van der Waals surface area contributed by atoms with Gasteiger partial charge in [0.25, 0.3) is 0 Å². The number of likely N-dealkylation sites (tertiary alicyclic amines) is 1. The van der Waals surface area contributed by atoms with Crippen molar-refractivity contribution in [2.75, 3.05) is 13.1 Å². The Bertz CT molecular complexity index is 806. The van der Waals surface area contributed by atoms with E-state index in [4.69, 9.17) is 0 Å². The van der Waals surface area contributed by atoms with Crippen molar-refractivity contribution in [3.8, 4) is 5.75 Å². The zero-order valence-corrected chi connectivity index (χ0v) is 16.4. The van der Waals surface area contributed by atoms with E-state index in [1.807, 2.05) is 18.3 Å². The van der Waals surface area contributed by atoms with Crippen molar-refractivity contribution in [3.05, 3.63) is 41.7 Å². The van der Waals surface area contributed by atoms with Crippen LogP contribution in [-0.2, 0) is 6.54 Å². The molecule has 2 fully saturated rings. The van der Waals surface area contributed by atoms with E-state index in [9.17, 15) is 18.3 Å². The average Bonchev–Trinajstić information content (AvgIpc) is 3.16. The number of aromatic hydroxyl groups is 1. The third-order valence-corrected chi connectivity index (χ3v) is 6.41. The molecule has 158 valence electrons. The number of nitrogens with zero attached hydrogens (tertiary/aromatic N) is 4. The highest BCUT2D eigenvalue weighted by atomic mass is 19.4. The third kappa shape index (κ3) is 4.91. The van der Waals surface area contributed by atoms with Crippen LogP contribution in [0.1, 0.15) is 61.7 Å². The van der Waals surface area contributed by atoms with Gasteiger partial charge in [-0.1, -0.05) is 17.3 Å². The van der Waals surface area contributed by atoms with Gasteiger partial charge in [-0.2, -0.15) is 13.2 Å². The molecule has 0 spiro atoms. The predicted octanol–water partition coefficient (Wildman–Crippen LogP) is 4.66.